The van der Waals surface area contributed by atoms with Gasteiger partial charge < -0.3 is 21.1 Å². The molecule has 0 radical (unpaired) electrons. The zero-order valence-corrected chi connectivity index (χ0v) is 15.1. The number of amides is 1. The Morgan fingerprint density at radius 1 is 1.27 bits per heavy atom. The number of carbonyl (C=O) groups excluding carboxylic acids is 1. The number of nitrogens with one attached hydrogen (secondary N) is 2. The van der Waals surface area contributed by atoms with Crippen molar-refractivity contribution in [1.82, 2.24) is 10.3 Å². The Morgan fingerprint density at radius 2 is 2.04 bits per heavy atom. The topological polar surface area (TPSA) is 103 Å². The molecule has 0 saturated heterocycles. The van der Waals surface area contributed by atoms with Crippen LogP contribution in [0, 0.1) is 6.92 Å². The van der Waals surface area contributed by atoms with Crippen LogP contribution in [0.5, 0.6) is 5.88 Å². The fraction of sp³-hybridized carbons (Fsp3) is 0.200. The highest BCUT2D eigenvalue weighted by Gasteiger charge is 2.15. The second kappa shape index (κ2) is 6.92. The molecule has 134 valence electrons. The fourth-order valence-corrected chi connectivity index (χ4v) is 2.99. The molecule has 1 heterocycles. The first kappa shape index (κ1) is 17.5. The number of nitrogens with zero attached hydrogens (tertiary/aromatic N) is 1. The van der Waals surface area contributed by atoms with Crippen LogP contribution >= 0.6 is 0 Å². The second-order valence-electron chi connectivity index (χ2n) is 6.21. The van der Waals surface area contributed by atoms with Crippen LogP contribution in [0.15, 0.2) is 41.4 Å². The molecule has 0 bridgehead atoms. The van der Waals surface area contributed by atoms with Crippen LogP contribution in [0.2, 0.25) is 0 Å². The molecule has 0 aliphatic carbocycles. The molecule has 2 aromatic carbocycles. The Balaban J connectivity index is 2.06. The van der Waals surface area contributed by atoms with Gasteiger partial charge in [0.25, 0.3) is 5.91 Å². The molecule has 0 aliphatic heterocycles. The van der Waals surface area contributed by atoms with E-state index in [0.29, 0.717) is 34.8 Å². The molecule has 3 rings (SSSR count). The van der Waals surface area contributed by atoms with Crippen molar-refractivity contribution in [2.24, 2.45) is 4.99 Å². The van der Waals surface area contributed by atoms with Crippen LogP contribution in [0.3, 0.4) is 0 Å². The molecule has 0 fully saturated rings. The van der Waals surface area contributed by atoms with E-state index in [-0.39, 0.29) is 11.8 Å². The standard InChI is InChI=1S/C20H22N4O2/c1-4-22-19(25)15-10-14(7-5-11(15)2)23-12(3)18-16-9-13(21)6-8-17(16)24-20(18)26/h5-10,24,26H,4,21H2,1-3H3,(H,22,25). The number of aromatic amines is 1. The number of nitrogens with two attached hydrogens (primary N) is 1. The van der Waals surface area contributed by atoms with Gasteiger partial charge in [0.15, 0.2) is 5.88 Å². The number of fused-ring (bicyclic) bond motifs is 1. The molecule has 5 N–H and O–H groups in total. The van der Waals surface area contributed by atoms with Gasteiger partial charge in [-0.3, -0.25) is 9.79 Å². The van der Waals surface area contributed by atoms with Crippen molar-refractivity contribution < 1.29 is 9.90 Å². The van der Waals surface area contributed by atoms with Crippen molar-refractivity contribution in [3.63, 3.8) is 0 Å². The number of anilines is 1. The van der Waals surface area contributed by atoms with E-state index < -0.39 is 0 Å². The number of aromatic hydroxyl groups is 1. The van der Waals surface area contributed by atoms with E-state index in [1.807, 2.05) is 39.0 Å². The maximum Gasteiger partial charge on any atom is 0.251 e. The van der Waals surface area contributed by atoms with Crippen molar-refractivity contribution in [2.75, 3.05) is 12.3 Å². The number of aliphatic imine (C=N–C) groups is 1. The Bertz CT molecular complexity index is 1020. The Kier molecular flexibility index (Phi) is 4.67. The molecule has 0 saturated carbocycles. The molecule has 6 nitrogen and oxygen atoms in total. The Labute approximate surface area is 151 Å². The average molecular weight is 350 g/mol. The molecule has 26 heavy (non-hydrogen) atoms. The largest absolute Gasteiger partial charge is 0.494 e. The van der Waals surface area contributed by atoms with Gasteiger partial charge in [-0.25, -0.2) is 0 Å². The van der Waals surface area contributed by atoms with E-state index in [1.165, 1.54) is 0 Å². The molecule has 0 unspecified atom stereocenters. The third-order valence-corrected chi connectivity index (χ3v) is 4.26. The van der Waals surface area contributed by atoms with Crippen molar-refractivity contribution in [2.45, 2.75) is 20.8 Å². The minimum atomic E-state index is -0.123. The summed E-state index contributed by atoms with van der Waals surface area (Å²) in [5, 5.41) is 13.9. The lowest BCUT2D eigenvalue weighted by Crippen LogP contribution is -2.23. The minimum absolute atomic E-state index is 0.0444. The van der Waals surface area contributed by atoms with Gasteiger partial charge in [0.05, 0.1) is 17.0 Å². The Hall–Kier alpha value is -3.28. The number of rotatable bonds is 4. The first-order valence-electron chi connectivity index (χ1n) is 8.45. The monoisotopic (exact) mass is 350 g/mol. The van der Waals surface area contributed by atoms with Gasteiger partial charge in [0.2, 0.25) is 0 Å². The van der Waals surface area contributed by atoms with Gasteiger partial charge in [0.1, 0.15) is 0 Å². The summed E-state index contributed by atoms with van der Waals surface area (Å²) in [6.45, 7) is 6.15. The quantitative estimate of drug-likeness (QED) is 0.426. The molecular weight excluding hydrogens is 328 g/mol. The third-order valence-electron chi connectivity index (χ3n) is 4.26. The minimum Gasteiger partial charge on any atom is -0.494 e. The number of hydrogen-bond donors (Lipinski definition) is 4. The van der Waals surface area contributed by atoms with Crippen molar-refractivity contribution in [3.8, 4) is 5.88 Å². The van der Waals surface area contributed by atoms with E-state index in [0.717, 1.165) is 16.5 Å². The second-order valence-corrected chi connectivity index (χ2v) is 6.21. The summed E-state index contributed by atoms with van der Waals surface area (Å²) >= 11 is 0. The van der Waals surface area contributed by atoms with Gasteiger partial charge in [0, 0.05) is 28.7 Å². The maximum absolute atomic E-state index is 12.2. The summed E-state index contributed by atoms with van der Waals surface area (Å²) in [7, 11) is 0. The summed E-state index contributed by atoms with van der Waals surface area (Å²) in [4.78, 5) is 19.7. The maximum atomic E-state index is 12.2. The molecule has 1 aromatic heterocycles. The van der Waals surface area contributed by atoms with E-state index in [4.69, 9.17) is 5.73 Å². The number of aryl methyl sites for hydroxylation is 1. The lowest BCUT2D eigenvalue weighted by molar-refractivity contribution is 0.0955. The van der Waals surface area contributed by atoms with Gasteiger partial charge in [-0.05, 0) is 56.7 Å². The van der Waals surface area contributed by atoms with Gasteiger partial charge in [-0.1, -0.05) is 6.07 Å². The Morgan fingerprint density at radius 3 is 2.77 bits per heavy atom. The number of nitrogen functional groups attached to an aromatic ring is 1. The summed E-state index contributed by atoms with van der Waals surface area (Å²) in [6, 6.07) is 10.9. The number of carbonyl (C=O) groups is 1. The molecule has 1 amide bonds. The predicted molar refractivity (Wildman–Crippen MR) is 105 cm³/mol. The van der Waals surface area contributed by atoms with Gasteiger partial charge in [-0.2, -0.15) is 0 Å². The molecule has 6 heteroatoms. The fourth-order valence-electron chi connectivity index (χ4n) is 2.99. The zero-order valence-electron chi connectivity index (χ0n) is 15.1. The van der Waals surface area contributed by atoms with Crippen LogP contribution in [-0.2, 0) is 0 Å². The first-order chi connectivity index (χ1) is 12.4. The number of aromatic nitrogens is 1. The van der Waals surface area contributed by atoms with E-state index in [1.54, 1.807) is 18.2 Å². The number of benzene rings is 2. The molecule has 0 atom stereocenters. The highest BCUT2D eigenvalue weighted by molar-refractivity contribution is 6.13. The average Bonchev–Trinajstić information content (AvgIpc) is 2.91. The lowest BCUT2D eigenvalue weighted by atomic mass is 10.1. The summed E-state index contributed by atoms with van der Waals surface area (Å²) in [5.74, 6) is -0.0784. The summed E-state index contributed by atoms with van der Waals surface area (Å²) < 4.78 is 0. The van der Waals surface area contributed by atoms with Crippen LogP contribution in [0.25, 0.3) is 10.9 Å². The number of hydrogen-bond acceptors (Lipinski definition) is 4. The van der Waals surface area contributed by atoms with Crippen molar-refractivity contribution in [3.05, 3.63) is 53.1 Å². The van der Waals surface area contributed by atoms with E-state index >= 15 is 0 Å². The molecule has 3 aromatic rings. The third kappa shape index (κ3) is 3.26. The first-order valence-corrected chi connectivity index (χ1v) is 8.45. The molecule has 0 spiro atoms. The van der Waals surface area contributed by atoms with E-state index in [9.17, 15) is 9.90 Å². The normalized spacial score (nSPS) is 11.7. The van der Waals surface area contributed by atoms with Crippen molar-refractivity contribution >= 4 is 33.9 Å². The van der Waals surface area contributed by atoms with Crippen LogP contribution < -0.4 is 11.1 Å². The lowest BCUT2D eigenvalue weighted by Gasteiger charge is -2.08. The zero-order chi connectivity index (χ0) is 18.8. The SMILES string of the molecule is CCNC(=O)c1cc(N=C(C)c2c(O)[nH]c3ccc(N)cc23)ccc1C. The molecular formula is C20H22N4O2. The van der Waals surface area contributed by atoms with Gasteiger partial charge >= 0.3 is 0 Å². The van der Waals surface area contributed by atoms with Crippen LogP contribution in [0.4, 0.5) is 11.4 Å². The molecule has 0 aliphatic rings. The summed E-state index contributed by atoms with van der Waals surface area (Å²) in [6.07, 6.45) is 0. The highest BCUT2D eigenvalue weighted by Crippen LogP contribution is 2.30. The van der Waals surface area contributed by atoms with Gasteiger partial charge in [-0.15, -0.1) is 0 Å². The smallest absolute Gasteiger partial charge is 0.251 e. The van der Waals surface area contributed by atoms with Crippen LogP contribution in [0.1, 0.15) is 35.3 Å². The van der Waals surface area contributed by atoms with Crippen LogP contribution in [-0.4, -0.2) is 28.3 Å². The highest BCUT2D eigenvalue weighted by atomic mass is 16.3. The van der Waals surface area contributed by atoms with E-state index in [2.05, 4.69) is 15.3 Å². The predicted octanol–water partition coefficient (Wildman–Crippen LogP) is 3.65. The number of H-pyrrole nitrogens is 1. The van der Waals surface area contributed by atoms with Crippen molar-refractivity contribution in [1.29, 1.82) is 0 Å². The summed E-state index contributed by atoms with van der Waals surface area (Å²) in [5.41, 5.74) is 10.6.